The van der Waals surface area contributed by atoms with Crippen molar-refractivity contribution in [2.24, 2.45) is 0 Å². The molecule has 0 spiro atoms. The zero-order chi connectivity index (χ0) is 14.1. The van der Waals surface area contributed by atoms with Gasteiger partial charge in [-0.3, -0.25) is 9.59 Å². The van der Waals surface area contributed by atoms with Crippen LogP contribution in [0, 0.1) is 0 Å². The van der Waals surface area contributed by atoms with E-state index in [4.69, 9.17) is 9.84 Å². The summed E-state index contributed by atoms with van der Waals surface area (Å²) in [6, 6.07) is 7.36. The molecule has 0 aliphatic rings. The van der Waals surface area contributed by atoms with E-state index < -0.39 is 5.97 Å². The van der Waals surface area contributed by atoms with Gasteiger partial charge in [0.15, 0.2) is 0 Å². The molecule has 0 saturated carbocycles. The quantitative estimate of drug-likeness (QED) is 0.748. The van der Waals surface area contributed by atoms with Crippen molar-refractivity contribution in [1.82, 2.24) is 5.32 Å². The third kappa shape index (κ3) is 6.45. The minimum absolute atomic E-state index is 0.0641. The largest absolute Gasteiger partial charge is 0.494 e. The molecular weight excluding hydrogens is 246 g/mol. The van der Waals surface area contributed by atoms with E-state index in [9.17, 15) is 9.59 Å². The Kier molecular flexibility index (Phi) is 6.43. The molecule has 19 heavy (non-hydrogen) atoms. The van der Waals surface area contributed by atoms with Gasteiger partial charge in [-0.1, -0.05) is 19.1 Å². The number of hydrogen-bond acceptors (Lipinski definition) is 3. The van der Waals surface area contributed by atoms with Crippen molar-refractivity contribution in [1.29, 1.82) is 0 Å². The van der Waals surface area contributed by atoms with E-state index in [1.165, 1.54) is 0 Å². The Hall–Kier alpha value is -2.04. The number of hydrogen-bond donors (Lipinski definition) is 2. The molecule has 104 valence electrons. The Morgan fingerprint density at radius 2 is 2.16 bits per heavy atom. The molecular formula is C14H19NO4. The molecule has 0 atom stereocenters. The van der Waals surface area contributed by atoms with Gasteiger partial charge in [0.05, 0.1) is 19.4 Å². The van der Waals surface area contributed by atoms with Gasteiger partial charge in [0.2, 0.25) is 5.91 Å². The summed E-state index contributed by atoms with van der Waals surface area (Å²) in [5.74, 6) is -0.359. The number of carbonyl (C=O) groups is 2. The first-order valence-electron chi connectivity index (χ1n) is 6.32. The molecule has 0 heterocycles. The standard InChI is InChI=1S/C14H19NO4/c1-2-8-19-12-5-3-4-11(9-12)10-13(16)15-7-6-14(17)18/h3-5,9H,2,6-8,10H2,1H3,(H,15,16)(H,17,18). The van der Waals surface area contributed by atoms with Crippen LogP contribution < -0.4 is 10.1 Å². The fourth-order valence-corrected chi connectivity index (χ4v) is 1.52. The minimum atomic E-state index is -0.921. The summed E-state index contributed by atoms with van der Waals surface area (Å²) in [6.07, 6.45) is 1.09. The van der Waals surface area contributed by atoms with E-state index in [1.807, 2.05) is 31.2 Å². The van der Waals surface area contributed by atoms with Crippen molar-refractivity contribution < 1.29 is 19.4 Å². The molecule has 5 heteroatoms. The van der Waals surface area contributed by atoms with E-state index in [-0.39, 0.29) is 25.3 Å². The van der Waals surface area contributed by atoms with Crippen LogP contribution in [0.4, 0.5) is 0 Å². The van der Waals surface area contributed by atoms with Crippen molar-refractivity contribution >= 4 is 11.9 Å². The van der Waals surface area contributed by atoms with Crippen LogP contribution in [-0.4, -0.2) is 30.1 Å². The fourth-order valence-electron chi connectivity index (χ4n) is 1.52. The third-order valence-electron chi connectivity index (χ3n) is 2.40. The van der Waals surface area contributed by atoms with Crippen molar-refractivity contribution in [2.45, 2.75) is 26.2 Å². The predicted molar refractivity (Wildman–Crippen MR) is 71.2 cm³/mol. The van der Waals surface area contributed by atoms with E-state index >= 15 is 0 Å². The van der Waals surface area contributed by atoms with Crippen molar-refractivity contribution in [3.8, 4) is 5.75 Å². The summed E-state index contributed by atoms with van der Waals surface area (Å²) in [5.41, 5.74) is 0.849. The molecule has 0 saturated heterocycles. The molecule has 1 aromatic carbocycles. The summed E-state index contributed by atoms with van der Waals surface area (Å²) >= 11 is 0. The first-order valence-corrected chi connectivity index (χ1v) is 6.32. The molecule has 2 N–H and O–H groups in total. The number of carboxylic acids is 1. The molecule has 0 aliphatic heterocycles. The van der Waals surface area contributed by atoms with E-state index in [1.54, 1.807) is 0 Å². The zero-order valence-corrected chi connectivity index (χ0v) is 11.0. The van der Waals surface area contributed by atoms with Gasteiger partial charge in [0, 0.05) is 6.54 Å². The van der Waals surface area contributed by atoms with Crippen molar-refractivity contribution in [3.63, 3.8) is 0 Å². The molecule has 5 nitrogen and oxygen atoms in total. The Morgan fingerprint density at radius 1 is 1.37 bits per heavy atom. The second-order valence-corrected chi connectivity index (χ2v) is 4.17. The monoisotopic (exact) mass is 265 g/mol. The highest BCUT2D eigenvalue weighted by atomic mass is 16.5. The van der Waals surface area contributed by atoms with Gasteiger partial charge in [-0.15, -0.1) is 0 Å². The second-order valence-electron chi connectivity index (χ2n) is 4.17. The molecule has 0 bridgehead atoms. The van der Waals surface area contributed by atoms with Crippen LogP contribution in [-0.2, 0) is 16.0 Å². The smallest absolute Gasteiger partial charge is 0.305 e. The summed E-state index contributed by atoms with van der Waals surface area (Å²) in [6.45, 7) is 2.83. The highest BCUT2D eigenvalue weighted by Crippen LogP contribution is 2.14. The average molecular weight is 265 g/mol. The van der Waals surface area contributed by atoms with Gasteiger partial charge in [0.25, 0.3) is 0 Å². The minimum Gasteiger partial charge on any atom is -0.494 e. The number of benzene rings is 1. The Labute approximate surface area is 112 Å². The Morgan fingerprint density at radius 3 is 2.84 bits per heavy atom. The maximum atomic E-state index is 11.6. The number of carbonyl (C=O) groups excluding carboxylic acids is 1. The van der Waals surface area contributed by atoms with Crippen LogP contribution in [0.2, 0.25) is 0 Å². The van der Waals surface area contributed by atoms with Crippen LogP contribution in [0.15, 0.2) is 24.3 Å². The van der Waals surface area contributed by atoms with Gasteiger partial charge < -0.3 is 15.2 Å². The molecule has 0 radical (unpaired) electrons. The lowest BCUT2D eigenvalue weighted by atomic mass is 10.1. The molecule has 0 aromatic heterocycles. The SMILES string of the molecule is CCCOc1cccc(CC(=O)NCCC(=O)O)c1. The lowest BCUT2D eigenvalue weighted by Gasteiger charge is -2.07. The van der Waals surface area contributed by atoms with E-state index in [2.05, 4.69) is 5.32 Å². The Bertz CT molecular complexity index is 431. The summed E-state index contributed by atoms with van der Waals surface area (Å²) < 4.78 is 5.48. The fraction of sp³-hybridized carbons (Fsp3) is 0.429. The van der Waals surface area contributed by atoms with Gasteiger partial charge in [-0.25, -0.2) is 0 Å². The average Bonchev–Trinajstić information content (AvgIpc) is 2.36. The van der Waals surface area contributed by atoms with Crippen LogP contribution in [0.5, 0.6) is 5.75 Å². The van der Waals surface area contributed by atoms with Crippen molar-refractivity contribution in [3.05, 3.63) is 29.8 Å². The zero-order valence-electron chi connectivity index (χ0n) is 11.0. The highest BCUT2D eigenvalue weighted by Gasteiger charge is 2.05. The molecule has 1 aromatic rings. The number of ether oxygens (including phenoxy) is 1. The van der Waals surface area contributed by atoms with Crippen molar-refractivity contribution in [2.75, 3.05) is 13.2 Å². The maximum absolute atomic E-state index is 11.6. The van der Waals surface area contributed by atoms with Crippen LogP contribution in [0.1, 0.15) is 25.3 Å². The highest BCUT2D eigenvalue weighted by molar-refractivity contribution is 5.79. The van der Waals surface area contributed by atoms with Crippen LogP contribution in [0.25, 0.3) is 0 Å². The molecule has 1 rings (SSSR count). The van der Waals surface area contributed by atoms with Crippen LogP contribution >= 0.6 is 0 Å². The summed E-state index contributed by atoms with van der Waals surface area (Å²) in [5, 5.41) is 11.0. The van der Waals surface area contributed by atoms with E-state index in [0.29, 0.717) is 6.61 Å². The van der Waals surface area contributed by atoms with Gasteiger partial charge in [0.1, 0.15) is 5.75 Å². The Balaban J connectivity index is 2.42. The number of aliphatic carboxylic acids is 1. The normalized spacial score (nSPS) is 9.95. The molecule has 0 aliphatic carbocycles. The van der Waals surface area contributed by atoms with Gasteiger partial charge >= 0.3 is 5.97 Å². The first-order chi connectivity index (χ1) is 9.11. The third-order valence-corrected chi connectivity index (χ3v) is 2.40. The summed E-state index contributed by atoms with van der Waals surface area (Å²) in [4.78, 5) is 21.9. The lowest BCUT2D eigenvalue weighted by Crippen LogP contribution is -2.27. The number of rotatable bonds is 8. The van der Waals surface area contributed by atoms with E-state index in [0.717, 1.165) is 17.7 Å². The molecule has 0 fully saturated rings. The lowest BCUT2D eigenvalue weighted by molar-refractivity contribution is -0.136. The summed E-state index contributed by atoms with van der Waals surface area (Å²) in [7, 11) is 0. The molecule has 0 unspecified atom stereocenters. The molecule has 1 amide bonds. The van der Waals surface area contributed by atoms with Gasteiger partial charge in [-0.05, 0) is 24.1 Å². The topological polar surface area (TPSA) is 75.6 Å². The number of carboxylic acid groups (broad SMARTS) is 1. The second kappa shape index (κ2) is 8.13. The number of amides is 1. The first kappa shape index (κ1) is 15.0. The number of nitrogens with one attached hydrogen (secondary N) is 1. The maximum Gasteiger partial charge on any atom is 0.305 e. The predicted octanol–water partition coefficient (Wildman–Crippen LogP) is 1.61. The van der Waals surface area contributed by atoms with Gasteiger partial charge in [-0.2, -0.15) is 0 Å². The van der Waals surface area contributed by atoms with Crippen LogP contribution in [0.3, 0.4) is 0 Å².